The highest BCUT2D eigenvalue weighted by molar-refractivity contribution is 6.30. The Morgan fingerprint density at radius 2 is 2.06 bits per heavy atom. The third-order valence-corrected chi connectivity index (χ3v) is 2.64. The molecule has 1 N–H and O–H groups in total. The maximum Gasteiger partial charge on any atom is 0.152 e. The number of benzene rings is 1. The minimum atomic E-state index is 0.724. The van der Waals surface area contributed by atoms with E-state index in [1.165, 1.54) is 6.42 Å². The lowest BCUT2D eigenvalue weighted by molar-refractivity contribution is 0.182. The first-order valence-electron chi connectivity index (χ1n) is 5.48. The first-order chi connectivity index (χ1) is 7.79. The first kappa shape index (κ1) is 11.1. The van der Waals surface area contributed by atoms with Gasteiger partial charge in [-0.2, -0.15) is 0 Å². The van der Waals surface area contributed by atoms with Crippen molar-refractivity contribution in [1.29, 1.82) is 0 Å². The Balaban J connectivity index is 1.93. The van der Waals surface area contributed by atoms with Crippen LogP contribution in [0.15, 0.2) is 36.2 Å². The molecule has 1 aliphatic rings. The Morgan fingerprint density at radius 1 is 1.31 bits per heavy atom. The van der Waals surface area contributed by atoms with Crippen molar-refractivity contribution in [3.63, 3.8) is 0 Å². The van der Waals surface area contributed by atoms with Crippen LogP contribution in [-0.2, 0) is 4.84 Å². The predicted octanol–water partition coefficient (Wildman–Crippen LogP) is 3.63. The summed E-state index contributed by atoms with van der Waals surface area (Å²) in [5, 5.41) is 2.36. The lowest BCUT2D eigenvalue weighted by atomic mass is 10.2. The van der Waals surface area contributed by atoms with Gasteiger partial charge in [-0.15, -0.1) is 5.17 Å². The molecule has 0 radical (unpaired) electrons. The highest BCUT2D eigenvalue weighted by Gasteiger charge is 2.15. The van der Waals surface area contributed by atoms with Crippen molar-refractivity contribution < 1.29 is 4.84 Å². The zero-order valence-corrected chi connectivity index (χ0v) is 10.00. The van der Waals surface area contributed by atoms with Gasteiger partial charge in [0.2, 0.25) is 0 Å². The van der Waals surface area contributed by atoms with E-state index in [0.717, 1.165) is 29.3 Å². The molecule has 0 saturated heterocycles. The smallest absolute Gasteiger partial charge is 0.152 e. The molecule has 1 aromatic carbocycles. The molecule has 1 heterocycles. The Morgan fingerprint density at radius 3 is 2.75 bits per heavy atom. The van der Waals surface area contributed by atoms with Crippen molar-refractivity contribution in [1.82, 2.24) is 5.43 Å². The van der Waals surface area contributed by atoms with Gasteiger partial charge in [0, 0.05) is 11.4 Å². The number of nitrogens with one attached hydrogen (secondary N) is 1. The van der Waals surface area contributed by atoms with Gasteiger partial charge in [-0.1, -0.05) is 24.9 Å². The highest BCUT2D eigenvalue weighted by atomic mass is 35.5. The molecule has 0 spiro atoms. The minimum Gasteiger partial charge on any atom is -0.362 e. The number of allylic oxidation sites excluding steroid dienone is 1. The van der Waals surface area contributed by atoms with E-state index < -0.39 is 0 Å². The summed E-state index contributed by atoms with van der Waals surface area (Å²) in [5.41, 5.74) is 3.99. The van der Waals surface area contributed by atoms with Crippen LogP contribution in [-0.4, -0.2) is 0 Å². The van der Waals surface area contributed by atoms with Crippen molar-refractivity contribution in [3.8, 4) is 0 Å². The fourth-order valence-corrected chi connectivity index (χ4v) is 1.60. The molecule has 2 rings (SSSR count). The van der Waals surface area contributed by atoms with Crippen molar-refractivity contribution in [2.24, 2.45) is 0 Å². The van der Waals surface area contributed by atoms with Crippen molar-refractivity contribution in [3.05, 3.63) is 41.2 Å². The molecule has 86 valence electrons. The van der Waals surface area contributed by atoms with Gasteiger partial charge >= 0.3 is 0 Å². The third-order valence-electron chi connectivity index (χ3n) is 2.39. The Hall–Kier alpha value is -1.35. The molecule has 3 nitrogen and oxygen atoms in total. The molecule has 1 aromatic rings. The fourth-order valence-electron chi connectivity index (χ4n) is 1.47. The van der Waals surface area contributed by atoms with Crippen molar-refractivity contribution in [2.45, 2.75) is 26.2 Å². The molecule has 0 unspecified atom stereocenters. The van der Waals surface area contributed by atoms with Crippen LogP contribution in [0.4, 0.5) is 5.69 Å². The Bertz CT molecular complexity index is 375. The number of nitrogens with zero attached hydrogens (tertiary/aromatic N) is 1. The van der Waals surface area contributed by atoms with Gasteiger partial charge in [0.05, 0.1) is 11.9 Å². The second-order valence-electron chi connectivity index (χ2n) is 3.71. The largest absolute Gasteiger partial charge is 0.362 e. The lowest BCUT2D eigenvalue weighted by Gasteiger charge is -2.17. The van der Waals surface area contributed by atoms with E-state index in [1.807, 2.05) is 30.5 Å². The molecule has 0 bridgehead atoms. The summed E-state index contributed by atoms with van der Waals surface area (Å²) < 4.78 is 0. The molecular weight excluding hydrogens is 224 g/mol. The molecule has 16 heavy (non-hydrogen) atoms. The standard InChI is InChI=1S/C12H15ClN2O/c1-2-3-4-12-9-14-15(16-12)11-7-5-10(13)6-8-11/h5-9,14H,2-4H2,1H3. The van der Waals surface area contributed by atoms with Crippen molar-refractivity contribution in [2.75, 3.05) is 5.17 Å². The van der Waals surface area contributed by atoms with E-state index >= 15 is 0 Å². The summed E-state index contributed by atoms with van der Waals surface area (Å²) in [5.74, 6) is 0.969. The van der Waals surface area contributed by atoms with Gasteiger partial charge in [0.15, 0.2) is 5.76 Å². The first-order valence-corrected chi connectivity index (χ1v) is 5.86. The summed E-state index contributed by atoms with van der Waals surface area (Å²) in [7, 11) is 0. The Kier molecular flexibility index (Phi) is 3.57. The van der Waals surface area contributed by atoms with Crippen LogP contribution in [0.25, 0.3) is 0 Å². The van der Waals surface area contributed by atoms with Crippen molar-refractivity contribution >= 4 is 17.3 Å². The maximum absolute atomic E-state index is 5.82. The lowest BCUT2D eigenvalue weighted by Crippen LogP contribution is -2.28. The zero-order valence-electron chi connectivity index (χ0n) is 9.24. The number of hydrazine groups is 1. The number of rotatable bonds is 4. The summed E-state index contributed by atoms with van der Waals surface area (Å²) >= 11 is 5.82. The maximum atomic E-state index is 5.82. The van der Waals surface area contributed by atoms with E-state index in [-0.39, 0.29) is 0 Å². The quantitative estimate of drug-likeness (QED) is 0.867. The van der Waals surface area contributed by atoms with Gasteiger partial charge in [-0.25, -0.2) is 0 Å². The minimum absolute atomic E-state index is 0.724. The van der Waals surface area contributed by atoms with Crippen LogP contribution < -0.4 is 10.6 Å². The molecule has 1 aliphatic heterocycles. The molecule has 0 atom stereocenters. The van der Waals surface area contributed by atoms with Crippen LogP contribution in [0, 0.1) is 0 Å². The fraction of sp³-hybridized carbons (Fsp3) is 0.333. The molecule has 0 amide bonds. The van der Waals surface area contributed by atoms with Gasteiger partial charge < -0.3 is 4.84 Å². The van der Waals surface area contributed by atoms with E-state index in [9.17, 15) is 0 Å². The van der Waals surface area contributed by atoms with Gasteiger partial charge in [-0.05, 0) is 30.7 Å². The second-order valence-corrected chi connectivity index (χ2v) is 4.14. The zero-order chi connectivity index (χ0) is 11.4. The average Bonchev–Trinajstić information content (AvgIpc) is 2.76. The van der Waals surface area contributed by atoms with Crippen LogP contribution in [0.5, 0.6) is 0 Å². The summed E-state index contributed by atoms with van der Waals surface area (Å²) in [6.07, 6.45) is 5.17. The summed E-state index contributed by atoms with van der Waals surface area (Å²) in [4.78, 5) is 5.63. The SMILES string of the molecule is CCCCC1=CNN(c2ccc(Cl)cc2)O1. The van der Waals surface area contributed by atoms with Gasteiger partial charge in [0.25, 0.3) is 0 Å². The van der Waals surface area contributed by atoms with Crippen LogP contribution in [0.3, 0.4) is 0 Å². The van der Waals surface area contributed by atoms with Gasteiger partial charge in [-0.3, -0.25) is 5.43 Å². The van der Waals surface area contributed by atoms with E-state index in [1.54, 1.807) is 5.17 Å². The second kappa shape index (κ2) is 5.12. The molecule has 0 aliphatic carbocycles. The third kappa shape index (κ3) is 2.61. The molecule has 0 fully saturated rings. The number of anilines is 1. The molecule has 4 heteroatoms. The number of hydrogen-bond acceptors (Lipinski definition) is 3. The molecule has 0 saturated carbocycles. The predicted molar refractivity (Wildman–Crippen MR) is 65.8 cm³/mol. The molecular formula is C12H15ClN2O. The topological polar surface area (TPSA) is 24.5 Å². The Labute approximate surface area is 101 Å². The number of unbranched alkanes of at least 4 members (excludes halogenated alkanes) is 1. The molecule has 0 aromatic heterocycles. The number of halogens is 1. The van der Waals surface area contributed by atoms with Crippen LogP contribution in [0.2, 0.25) is 5.02 Å². The van der Waals surface area contributed by atoms with E-state index in [4.69, 9.17) is 16.4 Å². The van der Waals surface area contributed by atoms with Crippen LogP contribution >= 0.6 is 11.6 Å². The monoisotopic (exact) mass is 238 g/mol. The van der Waals surface area contributed by atoms with Crippen LogP contribution in [0.1, 0.15) is 26.2 Å². The van der Waals surface area contributed by atoms with E-state index in [0.29, 0.717) is 0 Å². The highest BCUT2D eigenvalue weighted by Crippen LogP contribution is 2.22. The van der Waals surface area contributed by atoms with Gasteiger partial charge in [0.1, 0.15) is 0 Å². The van der Waals surface area contributed by atoms with E-state index in [2.05, 4.69) is 12.3 Å². The number of hydrogen-bond donors (Lipinski definition) is 1. The normalized spacial score (nSPS) is 14.4. The summed E-state index contributed by atoms with van der Waals surface area (Å²) in [6, 6.07) is 7.50. The summed E-state index contributed by atoms with van der Waals surface area (Å²) in [6.45, 7) is 2.17. The average molecular weight is 239 g/mol.